The molecule has 1 saturated heterocycles. The zero-order valence-electron chi connectivity index (χ0n) is 14.7. The van der Waals surface area contributed by atoms with Crippen LogP contribution in [0.2, 0.25) is 0 Å². The van der Waals surface area contributed by atoms with Gasteiger partial charge in [0.2, 0.25) is 5.91 Å². The van der Waals surface area contributed by atoms with Gasteiger partial charge in [0.15, 0.2) is 9.84 Å². The molecule has 6 nitrogen and oxygen atoms in total. The molecule has 1 atom stereocenters. The summed E-state index contributed by atoms with van der Waals surface area (Å²) in [5, 5.41) is 3.97. The molecule has 2 heterocycles. The number of anilines is 1. The predicted molar refractivity (Wildman–Crippen MR) is 99.3 cm³/mol. The maximum absolute atomic E-state index is 12.0. The van der Waals surface area contributed by atoms with E-state index in [1.807, 2.05) is 25.3 Å². The molecule has 0 spiro atoms. The predicted octanol–water partition coefficient (Wildman–Crippen LogP) is 1.83. The van der Waals surface area contributed by atoms with Crippen molar-refractivity contribution in [3.63, 3.8) is 0 Å². The van der Waals surface area contributed by atoms with Crippen molar-refractivity contribution in [2.75, 3.05) is 23.5 Å². The van der Waals surface area contributed by atoms with Crippen LogP contribution in [0.3, 0.4) is 0 Å². The number of para-hydroxylation sites is 1. The third-order valence-electron chi connectivity index (χ3n) is 5.03. The lowest BCUT2D eigenvalue weighted by molar-refractivity contribution is -0.124. The number of nitrogens with one attached hydrogen (secondary N) is 1. The number of hydrogen-bond acceptors (Lipinski definition) is 5. The first kappa shape index (κ1) is 17.7. The second-order valence-corrected chi connectivity index (χ2v) is 9.34. The molecule has 1 aromatic rings. The fourth-order valence-corrected chi connectivity index (χ4v) is 5.35. The van der Waals surface area contributed by atoms with Crippen molar-refractivity contribution in [2.24, 2.45) is 11.0 Å². The van der Waals surface area contributed by atoms with Gasteiger partial charge in [0.1, 0.15) is 0 Å². The van der Waals surface area contributed by atoms with Gasteiger partial charge in [0, 0.05) is 30.1 Å². The van der Waals surface area contributed by atoms with Crippen molar-refractivity contribution < 1.29 is 13.2 Å². The second kappa shape index (κ2) is 6.29. The van der Waals surface area contributed by atoms with Gasteiger partial charge in [-0.1, -0.05) is 32.0 Å². The number of nitrogens with zero attached hydrogens (tertiary/aromatic N) is 2. The number of fused-ring (bicyclic) bond motifs is 1. The third kappa shape index (κ3) is 3.33. The Labute approximate surface area is 148 Å². The SMILES string of the molecule is CN1/C(=C\C=N/NC(=O)[C@@H]2CCS(=O)(=O)C2)C(C)(C)c2ccccc21. The third-order valence-corrected chi connectivity index (χ3v) is 6.79. The zero-order chi connectivity index (χ0) is 18.2. The highest BCUT2D eigenvalue weighted by molar-refractivity contribution is 7.91. The highest BCUT2D eigenvalue weighted by atomic mass is 32.2. The van der Waals surface area contributed by atoms with Crippen LogP contribution in [0, 0.1) is 5.92 Å². The van der Waals surface area contributed by atoms with Gasteiger partial charge in [-0.2, -0.15) is 5.10 Å². The van der Waals surface area contributed by atoms with E-state index in [1.165, 1.54) is 5.56 Å². The van der Waals surface area contributed by atoms with E-state index in [4.69, 9.17) is 0 Å². The Balaban J connectivity index is 1.68. The molecule has 3 rings (SSSR count). The van der Waals surface area contributed by atoms with Crippen LogP contribution in [0.5, 0.6) is 0 Å². The van der Waals surface area contributed by atoms with Crippen molar-refractivity contribution in [1.82, 2.24) is 5.43 Å². The Morgan fingerprint density at radius 1 is 1.36 bits per heavy atom. The Kier molecular flexibility index (Phi) is 4.45. The number of rotatable bonds is 3. The molecule has 1 N–H and O–H groups in total. The molecule has 7 heteroatoms. The largest absolute Gasteiger partial charge is 0.347 e. The summed E-state index contributed by atoms with van der Waals surface area (Å²) >= 11 is 0. The van der Waals surface area contributed by atoms with Crippen molar-refractivity contribution in [1.29, 1.82) is 0 Å². The fourth-order valence-electron chi connectivity index (χ4n) is 3.60. The summed E-state index contributed by atoms with van der Waals surface area (Å²) in [6.07, 6.45) is 3.81. The molecule has 0 radical (unpaired) electrons. The summed E-state index contributed by atoms with van der Waals surface area (Å²) in [4.78, 5) is 14.1. The van der Waals surface area contributed by atoms with Gasteiger partial charge in [-0.3, -0.25) is 4.79 Å². The first-order valence-electron chi connectivity index (χ1n) is 8.30. The first-order chi connectivity index (χ1) is 11.7. The molecule has 134 valence electrons. The van der Waals surface area contributed by atoms with Crippen LogP contribution >= 0.6 is 0 Å². The van der Waals surface area contributed by atoms with Gasteiger partial charge >= 0.3 is 0 Å². The lowest BCUT2D eigenvalue weighted by Gasteiger charge is -2.23. The number of hydrazone groups is 1. The number of sulfone groups is 1. The molecule has 0 aliphatic carbocycles. The van der Waals surface area contributed by atoms with Crippen LogP contribution in [-0.4, -0.2) is 39.1 Å². The normalized spacial score (nSPS) is 25.5. The smallest absolute Gasteiger partial charge is 0.244 e. The number of carbonyl (C=O) groups excluding carboxylic acids is 1. The maximum atomic E-state index is 12.0. The van der Waals surface area contributed by atoms with Gasteiger partial charge in [0.05, 0.1) is 17.4 Å². The van der Waals surface area contributed by atoms with Crippen LogP contribution in [0.1, 0.15) is 25.8 Å². The second-order valence-electron chi connectivity index (χ2n) is 7.11. The summed E-state index contributed by atoms with van der Waals surface area (Å²) in [5.74, 6) is -0.834. The fraction of sp³-hybridized carbons (Fsp3) is 0.444. The summed E-state index contributed by atoms with van der Waals surface area (Å²) < 4.78 is 22.9. The molecule has 1 aromatic carbocycles. The standard InChI is InChI=1S/C18H23N3O3S/c1-18(2)14-6-4-5-7-15(14)21(3)16(18)8-10-19-20-17(22)13-9-11-25(23,24)12-13/h4-8,10,13H,9,11-12H2,1-3H3,(H,20,22)/b16-8-,19-10-/t13-/m1/s1. The van der Waals surface area contributed by atoms with E-state index in [0.29, 0.717) is 6.42 Å². The van der Waals surface area contributed by atoms with E-state index in [9.17, 15) is 13.2 Å². The summed E-state index contributed by atoms with van der Waals surface area (Å²) in [6, 6.07) is 8.24. The monoisotopic (exact) mass is 361 g/mol. The molecule has 0 unspecified atom stereocenters. The average molecular weight is 361 g/mol. The number of likely N-dealkylation sites (N-methyl/N-ethyl adjacent to an activating group) is 1. The number of benzene rings is 1. The molecular formula is C18H23N3O3S. The Bertz CT molecular complexity index is 856. The Morgan fingerprint density at radius 2 is 2.08 bits per heavy atom. The minimum atomic E-state index is -3.07. The average Bonchev–Trinajstić information content (AvgIpc) is 3.01. The van der Waals surface area contributed by atoms with Crippen molar-refractivity contribution in [3.05, 3.63) is 41.6 Å². The molecule has 2 aliphatic rings. The van der Waals surface area contributed by atoms with E-state index >= 15 is 0 Å². The van der Waals surface area contributed by atoms with Crippen molar-refractivity contribution in [3.8, 4) is 0 Å². The minimum absolute atomic E-state index is 0.0795. The van der Waals surface area contributed by atoms with Gasteiger partial charge < -0.3 is 4.90 Å². The van der Waals surface area contributed by atoms with Crippen LogP contribution in [0.25, 0.3) is 0 Å². The summed E-state index contributed by atoms with van der Waals surface area (Å²) in [6.45, 7) is 4.30. The molecule has 0 bridgehead atoms. The number of amides is 1. The highest BCUT2D eigenvalue weighted by Gasteiger charge is 2.37. The Morgan fingerprint density at radius 3 is 2.72 bits per heavy atom. The molecular weight excluding hydrogens is 338 g/mol. The van der Waals surface area contributed by atoms with Crippen LogP contribution < -0.4 is 10.3 Å². The molecule has 1 fully saturated rings. The Hall–Kier alpha value is -2.15. The number of hydrogen-bond donors (Lipinski definition) is 1. The maximum Gasteiger partial charge on any atom is 0.244 e. The van der Waals surface area contributed by atoms with Crippen LogP contribution in [0.4, 0.5) is 5.69 Å². The van der Waals surface area contributed by atoms with Gasteiger partial charge in [0.25, 0.3) is 0 Å². The van der Waals surface area contributed by atoms with Gasteiger partial charge in [-0.25, -0.2) is 13.8 Å². The van der Waals surface area contributed by atoms with E-state index in [2.05, 4.69) is 41.4 Å². The van der Waals surface area contributed by atoms with Gasteiger partial charge in [-0.15, -0.1) is 0 Å². The minimum Gasteiger partial charge on any atom is -0.347 e. The lowest BCUT2D eigenvalue weighted by atomic mass is 9.84. The van der Waals surface area contributed by atoms with E-state index in [0.717, 1.165) is 11.4 Å². The van der Waals surface area contributed by atoms with Crippen molar-refractivity contribution in [2.45, 2.75) is 25.7 Å². The molecule has 2 aliphatic heterocycles. The quantitative estimate of drug-likeness (QED) is 0.658. The molecule has 0 saturated carbocycles. The number of carbonyl (C=O) groups is 1. The van der Waals surface area contributed by atoms with E-state index in [1.54, 1.807) is 6.21 Å². The number of allylic oxidation sites excluding steroid dienone is 2. The highest BCUT2D eigenvalue weighted by Crippen LogP contribution is 2.46. The molecule has 25 heavy (non-hydrogen) atoms. The molecule has 1 amide bonds. The topological polar surface area (TPSA) is 78.8 Å². The van der Waals surface area contributed by atoms with E-state index < -0.39 is 15.8 Å². The zero-order valence-corrected chi connectivity index (χ0v) is 15.5. The first-order valence-corrected chi connectivity index (χ1v) is 10.1. The van der Waals surface area contributed by atoms with E-state index in [-0.39, 0.29) is 22.8 Å². The summed E-state index contributed by atoms with van der Waals surface area (Å²) in [7, 11) is -1.06. The van der Waals surface area contributed by atoms with Crippen LogP contribution in [-0.2, 0) is 20.0 Å². The lowest BCUT2D eigenvalue weighted by Crippen LogP contribution is -2.27. The van der Waals surface area contributed by atoms with Crippen molar-refractivity contribution >= 4 is 27.6 Å². The molecule has 0 aromatic heterocycles. The summed E-state index contributed by atoms with van der Waals surface area (Å²) in [5.41, 5.74) is 5.79. The van der Waals surface area contributed by atoms with Gasteiger partial charge in [-0.05, 0) is 24.1 Å². The van der Waals surface area contributed by atoms with Crippen LogP contribution in [0.15, 0.2) is 41.1 Å².